The third-order valence-corrected chi connectivity index (χ3v) is 7.29. The number of ketones is 1. The predicted molar refractivity (Wildman–Crippen MR) is 107 cm³/mol. The smallest absolute Gasteiger partial charge is 0.157 e. The molecular weight excluding hydrogens is 438 g/mol. The highest BCUT2D eigenvalue weighted by atomic mass is 79.9. The van der Waals surface area contributed by atoms with Crippen LogP contribution in [0.5, 0.6) is 0 Å². The van der Waals surface area contributed by atoms with Gasteiger partial charge in [0.15, 0.2) is 5.78 Å². The lowest BCUT2D eigenvalue weighted by Gasteiger charge is -2.42. The normalized spacial score (nSPS) is 20.4. The molecule has 0 radical (unpaired) electrons. The molecule has 2 nitrogen and oxygen atoms in total. The third-order valence-electron chi connectivity index (χ3n) is 5.07. The summed E-state index contributed by atoms with van der Waals surface area (Å²) >= 11 is 8.93. The molecule has 2 rings (SSSR count). The van der Waals surface area contributed by atoms with E-state index in [1.165, 1.54) is 37.0 Å². The van der Waals surface area contributed by atoms with Crippen molar-refractivity contribution in [1.82, 2.24) is 4.90 Å². The van der Waals surface area contributed by atoms with E-state index in [9.17, 15) is 4.79 Å². The minimum Gasteiger partial charge on any atom is -0.309 e. The third kappa shape index (κ3) is 4.47. The van der Waals surface area contributed by atoms with E-state index in [-0.39, 0.29) is 10.2 Å². The lowest BCUT2D eigenvalue weighted by molar-refractivity contribution is -0.126. The summed E-state index contributed by atoms with van der Waals surface area (Å²) in [5.74, 6) is 0.829. The van der Waals surface area contributed by atoms with Crippen molar-refractivity contribution in [2.24, 2.45) is 5.92 Å². The molecule has 1 fully saturated rings. The molecular formula is C18H27Br2NOS. The minimum absolute atomic E-state index is 0.104. The van der Waals surface area contributed by atoms with Crippen LogP contribution in [0.25, 0.3) is 0 Å². The van der Waals surface area contributed by atoms with Crippen molar-refractivity contribution in [3.63, 3.8) is 0 Å². The number of thiophene rings is 1. The van der Waals surface area contributed by atoms with Crippen molar-refractivity contribution < 1.29 is 4.79 Å². The van der Waals surface area contributed by atoms with Crippen molar-refractivity contribution in [3.05, 3.63) is 20.8 Å². The van der Waals surface area contributed by atoms with Crippen LogP contribution in [0.2, 0.25) is 0 Å². The van der Waals surface area contributed by atoms with E-state index in [4.69, 9.17) is 0 Å². The standard InChI is InChI=1S/C18H27Br2NOS/c1-13(19)17(22)18(11-12-21(2)3,14-7-5-4-6-8-14)15-9-10-16(20)23-15/h9-10,13-14H,4-8,11-12H2,1-3H3. The van der Waals surface area contributed by atoms with E-state index in [1.807, 2.05) is 6.92 Å². The molecule has 130 valence electrons. The Balaban J connectivity index is 2.48. The molecule has 0 N–H and O–H groups in total. The van der Waals surface area contributed by atoms with E-state index in [0.29, 0.717) is 11.7 Å². The van der Waals surface area contributed by atoms with E-state index >= 15 is 0 Å². The summed E-state index contributed by atoms with van der Waals surface area (Å²) in [7, 11) is 4.19. The second-order valence-corrected chi connectivity index (χ2v) is 10.8. The maximum atomic E-state index is 13.4. The molecule has 1 aliphatic carbocycles. The fourth-order valence-electron chi connectivity index (χ4n) is 3.88. The van der Waals surface area contributed by atoms with Crippen LogP contribution in [0, 0.1) is 5.92 Å². The highest BCUT2D eigenvalue weighted by Crippen LogP contribution is 2.48. The second-order valence-electron chi connectivity index (χ2n) is 6.94. The first kappa shape index (κ1) is 19.6. The molecule has 0 aromatic carbocycles. The van der Waals surface area contributed by atoms with E-state index in [1.54, 1.807) is 11.3 Å². The number of hydrogen-bond donors (Lipinski definition) is 0. The summed E-state index contributed by atoms with van der Waals surface area (Å²) in [5, 5.41) is 0. The van der Waals surface area contributed by atoms with Gasteiger partial charge in [-0.25, -0.2) is 0 Å². The molecule has 0 bridgehead atoms. The van der Waals surface area contributed by atoms with Gasteiger partial charge in [-0.3, -0.25) is 4.79 Å². The molecule has 1 aromatic heterocycles. The molecule has 2 unspecified atom stereocenters. The molecule has 1 heterocycles. The Hall–Kier alpha value is 0.290. The van der Waals surface area contributed by atoms with Gasteiger partial charge in [0.2, 0.25) is 0 Å². The zero-order chi connectivity index (χ0) is 17.0. The van der Waals surface area contributed by atoms with Gasteiger partial charge < -0.3 is 4.90 Å². The quantitative estimate of drug-likeness (QED) is 0.487. The SMILES string of the molecule is CC(Br)C(=O)C(CCN(C)C)(c1ccc(Br)s1)C1CCCCC1. The van der Waals surface area contributed by atoms with Gasteiger partial charge in [0.1, 0.15) is 0 Å². The summed E-state index contributed by atoms with van der Waals surface area (Å²) in [5.41, 5.74) is -0.343. The minimum atomic E-state index is -0.343. The molecule has 0 saturated heterocycles. The van der Waals surface area contributed by atoms with Crippen LogP contribution in [0.1, 0.15) is 50.3 Å². The van der Waals surface area contributed by atoms with Gasteiger partial charge in [-0.15, -0.1) is 11.3 Å². The van der Waals surface area contributed by atoms with Gasteiger partial charge in [0, 0.05) is 4.88 Å². The van der Waals surface area contributed by atoms with Gasteiger partial charge in [-0.05, 0) is 80.8 Å². The van der Waals surface area contributed by atoms with Crippen LogP contribution in [-0.4, -0.2) is 36.2 Å². The molecule has 0 amide bonds. The van der Waals surface area contributed by atoms with Gasteiger partial charge in [0.05, 0.1) is 14.0 Å². The molecule has 5 heteroatoms. The number of carbonyl (C=O) groups is 1. The van der Waals surface area contributed by atoms with Crippen LogP contribution in [0.3, 0.4) is 0 Å². The Morgan fingerprint density at radius 1 is 1.35 bits per heavy atom. The first-order valence-electron chi connectivity index (χ1n) is 8.47. The highest BCUT2D eigenvalue weighted by Gasteiger charge is 2.48. The van der Waals surface area contributed by atoms with Gasteiger partial charge in [-0.1, -0.05) is 35.2 Å². The van der Waals surface area contributed by atoms with Crippen LogP contribution in [0.4, 0.5) is 0 Å². The Morgan fingerprint density at radius 2 is 2.00 bits per heavy atom. The topological polar surface area (TPSA) is 20.3 Å². The second kappa shape index (κ2) is 8.59. The number of Topliss-reactive ketones (excluding diaryl/α,β-unsaturated/α-hetero) is 1. The zero-order valence-corrected chi connectivity index (χ0v) is 18.3. The zero-order valence-electron chi connectivity index (χ0n) is 14.3. The summed E-state index contributed by atoms with van der Waals surface area (Å²) in [6.45, 7) is 2.93. The van der Waals surface area contributed by atoms with Crippen molar-refractivity contribution in [1.29, 1.82) is 0 Å². The largest absolute Gasteiger partial charge is 0.309 e. The Kier molecular flexibility index (Phi) is 7.33. The first-order valence-corrected chi connectivity index (χ1v) is 11.0. The van der Waals surface area contributed by atoms with E-state index in [0.717, 1.165) is 16.8 Å². The highest BCUT2D eigenvalue weighted by molar-refractivity contribution is 9.11. The molecule has 1 saturated carbocycles. The number of hydrogen-bond acceptors (Lipinski definition) is 3. The summed E-state index contributed by atoms with van der Waals surface area (Å²) < 4.78 is 1.12. The first-order chi connectivity index (χ1) is 10.9. The maximum Gasteiger partial charge on any atom is 0.157 e. The van der Waals surface area contributed by atoms with Crippen molar-refractivity contribution in [2.75, 3.05) is 20.6 Å². The van der Waals surface area contributed by atoms with E-state index < -0.39 is 0 Å². The number of rotatable bonds is 7. The fourth-order valence-corrected chi connectivity index (χ4v) is 5.98. The van der Waals surface area contributed by atoms with Gasteiger partial charge in [-0.2, -0.15) is 0 Å². The van der Waals surface area contributed by atoms with Crippen LogP contribution >= 0.6 is 43.2 Å². The Labute approximate surface area is 161 Å². The van der Waals surface area contributed by atoms with Crippen LogP contribution < -0.4 is 0 Å². The molecule has 2 atom stereocenters. The van der Waals surface area contributed by atoms with Crippen molar-refractivity contribution in [3.8, 4) is 0 Å². The number of alkyl halides is 1. The Bertz CT molecular complexity index is 523. The van der Waals surface area contributed by atoms with Crippen LogP contribution in [-0.2, 0) is 10.2 Å². The number of carbonyl (C=O) groups excluding carboxylic acids is 1. The average molecular weight is 465 g/mol. The lowest BCUT2D eigenvalue weighted by atomic mass is 9.63. The van der Waals surface area contributed by atoms with Crippen molar-refractivity contribution in [2.45, 2.75) is 55.7 Å². The summed E-state index contributed by atoms with van der Waals surface area (Å²) in [6, 6.07) is 4.27. The summed E-state index contributed by atoms with van der Waals surface area (Å²) in [6.07, 6.45) is 7.08. The number of halogens is 2. The monoisotopic (exact) mass is 463 g/mol. The molecule has 23 heavy (non-hydrogen) atoms. The van der Waals surface area contributed by atoms with Gasteiger partial charge >= 0.3 is 0 Å². The van der Waals surface area contributed by atoms with Crippen LogP contribution in [0.15, 0.2) is 15.9 Å². The fraction of sp³-hybridized carbons (Fsp3) is 0.722. The Morgan fingerprint density at radius 3 is 2.48 bits per heavy atom. The molecule has 1 aromatic rings. The lowest BCUT2D eigenvalue weighted by Crippen LogP contribution is -2.48. The van der Waals surface area contributed by atoms with Gasteiger partial charge in [0.25, 0.3) is 0 Å². The molecule has 0 spiro atoms. The van der Waals surface area contributed by atoms with E-state index in [2.05, 4.69) is 63.0 Å². The average Bonchev–Trinajstić information content (AvgIpc) is 2.95. The number of nitrogens with zero attached hydrogens (tertiary/aromatic N) is 1. The molecule has 0 aliphatic heterocycles. The predicted octanol–water partition coefficient (Wildman–Crippen LogP) is 5.63. The summed E-state index contributed by atoms with van der Waals surface area (Å²) in [4.78, 5) is 16.8. The maximum absolute atomic E-state index is 13.4. The molecule has 1 aliphatic rings. The van der Waals surface area contributed by atoms with Crippen molar-refractivity contribution >= 4 is 49.0 Å².